The Hall–Kier alpha value is -1.16. The Bertz CT molecular complexity index is 696. The van der Waals surface area contributed by atoms with E-state index in [0.717, 1.165) is 44.9 Å². The van der Waals surface area contributed by atoms with Gasteiger partial charge in [0.05, 0.1) is 12.7 Å². The summed E-state index contributed by atoms with van der Waals surface area (Å²) in [7, 11) is 7.78. The van der Waals surface area contributed by atoms with Gasteiger partial charge in [0.25, 0.3) is 5.91 Å². The molecule has 9 heteroatoms. The molecule has 2 radical (unpaired) electrons. The Morgan fingerprint density at radius 1 is 0.778 bits per heavy atom. The Morgan fingerprint density at radius 2 is 1.31 bits per heavy atom. The van der Waals surface area contributed by atoms with E-state index in [1.807, 2.05) is 27.7 Å². The SMILES string of the molecule is CC.[B]C1OC(COC)C(OC(C)C)C1OCCCCCCNC(=O)C(C)OC(=O)CCCCCCCCCCCCCCC. The number of hydrogen-bond donors (Lipinski definition) is 1. The third-order valence-corrected chi connectivity index (χ3v) is 7.95. The van der Waals surface area contributed by atoms with Crippen molar-refractivity contribution in [2.24, 2.45) is 0 Å². The Kier molecular flexibility index (Phi) is 29.4. The summed E-state index contributed by atoms with van der Waals surface area (Å²) in [5.74, 6) is -0.522. The van der Waals surface area contributed by atoms with Crippen LogP contribution in [0.1, 0.15) is 157 Å². The average molecular weight is 640 g/mol. The van der Waals surface area contributed by atoms with Crippen LogP contribution in [-0.4, -0.2) is 83.1 Å². The smallest absolute Gasteiger partial charge is 0.306 e. The minimum absolute atomic E-state index is 0.0369. The van der Waals surface area contributed by atoms with Crippen LogP contribution in [0.25, 0.3) is 0 Å². The van der Waals surface area contributed by atoms with Crippen LogP contribution in [0.3, 0.4) is 0 Å². The number of methoxy groups -OCH3 is 1. The van der Waals surface area contributed by atoms with E-state index >= 15 is 0 Å². The van der Waals surface area contributed by atoms with Crippen molar-refractivity contribution in [1.29, 1.82) is 0 Å². The molecule has 0 aromatic heterocycles. The average Bonchev–Trinajstić information content (AvgIpc) is 3.30. The van der Waals surface area contributed by atoms with Crippen LogP contribution in [0, 0.1) is 0 Å². The Morgan fingerprint density at radius 3 is 1.87 bits per heavy atom. The van der Waals surface area contributed by atoms with Crippen LogP contribution >= 0.6 is 0 Å². The molecule has 1 fully saturated rings. The first-order valence-electron chi connectivity index (χ1n) is 18.4. The predicted molar refractivity (Wildman–Crippen MR) is 185 cm³/mol. The van der Waals surface area contributed by atoms with Crippen molar-refractivity contribution >= 4 is 19.7 Å². The molecule has 1 amide bonds. The molecule has 264 valence electrons. The second-order valence-electron chi connectivity index (χ2n) is 12.4. The van der Waals surface area contributed by atoms with Crippen molar-refractivity contribution in [3.8, 4) is 0 Å². The van der Waals surface area contributed by atoms with Crippen molar-refractivity contribution < 1.29 is 33.3 Å². The van der Waals surface area contributed by atoms with Crippen LogP contribution in [0.4, 0.5) is 0 Å². The fourth-order valence-corrected chi connectivity index (χ4v) is 5.47. The van der Waals surface area contributed by atoms with Crippen LogP contribution in [0.5, 0.6) is 0 Å². The van der Waals surface area contributed by atoms with E-state index in [-0.39, 0.29) is 36.3 Å². The predicted octanol–water partition coefficient (Wildman–Crippen LogP) is 7.82. The second kappa shape index (κ2) is 30.2. The maximum Gasteiger partial charge on any atom is 0.306 e. The number of hydrogen-bond acceptors (Lipinski definition) is 7. The molecule has 0 saturated carbocycles. The van der Waals surface area contributed by atoms with Crippen LogP contribution in [0.15, 0.2) is 0 Å². The van der Waals surface area contributed by atoms with Gasteiger partial charge in [0.2, 0.25) is 0 Å². The quantitative estimate of drug-likeness (QED) is 0.0530. The van der Waals surface area contributed by atoms with E-state index in [4.69, 9.17) is 31.5 Å². The lowest BCUT2D eigenvalue weighted by molar-refractivity contribution is -0.154. The largest absolute Gasteiger partial charge is 0.453 e. The highest BCUT2D eigenvalue weighted by Crippen LogP contribution is 2.27. The summed E-state index contributed by atoms with van der Waals surface area (Å²) >= 11 is 0. The molecule has 0 aliphatic carbocycles. The lowest BCUT2D eigenvalue weighted by atomic mass is 9.92. The normalized spacial score (nSPS) is 20.1. The highest BCUT2D eigenvalue weighted by molar-refractivity contribution is 6.11. The summed E-state index contributed by atoms with van der Waals surface area (Å²) in [4.78, 5) is 24.4. The first kappa shape index (κ1) is 43.8. The molecule has 0 bridgehead atoms. The van der Waals surface area contributed by atoms with Gasteiger partial charge in [0.1, 0.15) is 26.2 Å². The molecule has 1 heterocycles. The van der Waals surface area contributed by atoms with Crippen LogP contribution < -0.4 is 5.32 Å². The van der Waals surface area contributed by atoms with Gasteiger partial charge >= 0.3 is 5.97 Å². The summed E-state index contributed by atoms with van der Waals surface area (Å²) < 4.78 is 28.4. The molecule has 8 nitrogen and oxygen atoms in total. The van der Waals surface area contributed by atoms with E-state index < -0.39 is 12.1 Å². The maximum absolute atomic E-state index is 12.3. The molecule has 45 heavy (non-hydrogen) atoms. The lowest BCUT2D eigenvalue weighted by Crippen LogP contribution is -2.40. The monoisotopic (exact) mass is 640 g/mol. The molecule has 5 unspecified atom stereocenters. The lowest BCUT2D eigenvalue weighted by Gasteiger charge is -2.26. The minimum Gasteiger partial charge on any atom is -0.453 e. The molecule has 0 aromatic carbocycles. The summed E-state index contributed by atoms with van der Waals surface area (Å²) in [5, 5.41) is 2.88. The summed E-state index contributed by atoms with van der Waals surface area (Å²) in [6.07, 6.45) is 19.0. The number of esters is 1. The fraction of sp³-hybridized carbons (Fsp3) is 0.944. The molecule has 0 aromatic rings. The number of carbonyl (C=O) groups excluding carboxylic acids is 2. The van der Waals surface area contributed by atoms with Crippen molar-refractivity contribution in [2.75, 3.05) is 26.9 Å². The molecule has 0 spiro atoms. The number of carbonyl (C=O) groups is 2. The van der Waals surface area contributed by atoms with Gasteiger partial charge in [-0.15, -0.1) is 0 Å². The number of amides is 1. The van der Waals surface area contributed by atoms with Crippen LogP contribution in [0.2, 0.25) is 0 Å². The molecule has 1 saturated heterocycles. The van der Waals surface area contributed by atoms with E-state index in [1.54, 1.807) is 14.0 Å². The third-order valence-electron chi connectivity index (χ3n) is 7.95. The van der Waals surface area contributed by atoms with E-state index in [2.05, 4.69) is 12.2 Å². The van der Waals surface area contributed by atoms with Gasteiger partial charge in [-0.2, -0.15) is 0 Å². The van der Waals surface area contributed by atoms with Crippen molar-refractivity contribution in [3.05, 3.63) is 0 Å². The third kappa shape index (κ3) is 22.9. The molecule has 1 aliphatic rings. The van der Waals surface area contributed by atoms with E-state index in [1.165, 1.54) is 64.2 Å². The Balaban J connectivity index is 0.00000947. The Labute approximate surface area is 278 Å². The first-order chi connectivity index (χ1) is 21.8. The highest BCUT2D eigenvalue weighted by atomic mass is 16.6. The minimum atomic E-state index is -0.761. The van der Waals surface area contributed by atoms with Gasteiger partial charge in [-0.05, 0) is 40.0 Å². The van der Waals surface area contributed by atoms with Gasteiger partial charge in [-0.25, -0.2) is 0 Å². The number of unbranched alkanes of at least 4 members (excludes halogenated alkanes) is 15. The fourth-order valence-electron chi connectivity index (χ4n) is 5.47. The van der Waals surface area contributed by atoms with Gasteiger partial charge in [0, 0.05) is 32.7 Å². The van der Waals surface area contributed by atoms with Crippen molar-refractivity contribution in [3.63, 3.8) is 0 Å². The molecule has 1 N–H and O–H groups in total. The van der Waals surface area contributed by atoms with Crippen molar-refractivity contribution in [2.45, 2.75) is 194 Å². The standard InChI is InChI=1S/C34H64BNO7.C2H6/c1-6-7-8-9-10-11-12-13-14-15-16-17-20-23-30(37)42-28(4)34(38)36-24-21-18-19-22-25-40-32-31(41-27(2)3)29(26-39-5)43-33(32)35;1-2/h27-29,31-33H,6-26H2,1-5H3,(H,36,38);1-2H3. The molecule has 1 rings (SSSR count). The van der Waals surface area contributed by atoms with E-state index in [9.17, 15) is 9.59 Å². The number of rotatable bonds is 28. The van der Waals surface area contributed by atoms with Gasteiger partial charge < -0.3 is 29.0 Å². The maximum atomic E-state index is 12.3. The first-order valence-corrected chi connectivity index (χ1v) is 18.4. The zero-order valence-corrected chi connectivity index (χ0v) is 30.2. The second-order valence-corrected chi connectivity index (χ2v) is 12.4. The molecular weight excluding hydrogens is 569 g/mol. The molecule has 5 atom stereocenters. The zero-order chi connectivity index (χ0) is 33.7. The van der Waals surface area contributed by atoms with E-state index in [0.29, 0.717) is 26.2 Å². The van der Waals surface area contributed by atoms with Gasteiger partial charge in [-0.3, -0.25) is 9.59 Å². The highest BCUT2D eigenvalue weighted by Gasteiger charge is 2.44. The van der Waals surface area contributed by atoms with Crippen LogP contribution in [-0.2, 0) is 33.3 Å². The van der Waals surface area contributed by atoms with Crippen molar-refractivity contribution in [1.82, 2.24) is 5.32 Å². The summed E-state index contributed by atoms with van der Waals surface area (Å²) in [6, 6.07) is -0.537. The number of ether oxygens (including phenoxy) is 5. The molecular formula is C36H70BNO7. The zero-order valence-electron chi connectivity index (χ0n) is 30.2. The molecule has 1 aliphatic heterocycles. The van der Waals surface area contributed by atoms with Gasteiger partial charge in [-0.1, -0.05) is 111 Å². The van der Waals surface area contributed by atoms with Gasteiger partial charge in [0.15, 0.2) is 6.10 Å². The summed E-state index contributed by atoms with van der Waals surface area (Å²) in [5.41, 5.74) is 0. The number of nitrogens with one attached hydrogen (secondary N) is 1. The summed E-state index contributed by atoms with van der Waals surface area (Å²) in [6.45, 7) is 13.4. The topological polar surface area (TPSA) is 92.3 Å².